The van der Waals surface area contributed by atoms with E-state index in [0.29, 0.717) is 22.7 Å². The van der Waals surface area contributed by atoms with E-state index in [9.17, 15) is 9.59 Å². The van der Waals surface area contributed by atoms with E-state index in [1.54, 1.807) is 24.3 Å². The lowest BCUT2D eigenvalue weighted by Gasteiger charge is -2.22. The Hall–Kier alpha value is -4.58. The quantitative estimate of drug-likeness (QED) is 0.247. The summed E-state index contributed by atoms with van der Waals surface area (Å²) >= 11 is 0. The average Bonchev–Trinajstić information content (AvgIpc) is 2.89. The number of anilines is 4. The summed E-state index contributed by atoms with van der Waals surface area (Å²) in [7, 11) is 0. The van der Waals surface area contributed by atoms with E-state index in [0.717, 1.165) is 16.9 Å². The van der Waals surface area contributed by atoms with Crippen LogP contribution in [0, 0.1) is 0 Å². The number of hydrogen-bond donors (Lipinski definition) is 3. The first-order valence-electron chi connectivity index (χ1n) is 12.1. The lowest BCUT2D eigenvalue weighted by Crippen LogP contribution is -2.23. The highest BCUT2D eigenvalue weighted by Crippen LogP contribution is 2.31. The first-order valence-corrected chi connectivity index (χ1v) is 12.1. The molecule has 4 aromatic carbocycles. The Morgan fingerprint density at radius 3 is 2.00 bits per heavy atom. The number of hydrogen-bond acceptors (Lipinski definition) is 4. The molecule has 0 aliphatic carbocycles. The molecule has 0 radical (unpaired) electrons. The molecule has 0 fully saturated rings. The molecule has 0 aliphatic rings. The number of carbonyl (C=O) groups excluding carboxylic acids is 2. The van der Waals surface area contributed by atoms with Gasteiger partial charge in [0.2, 0.25) is 0 Å². The van der Waals surface area contributed by atoms with Gasteiger partial charge in [-0.2, -0.15) is 0 Å². The molecule has 0 unspecified atom stereocenters. The van der Waals surface area contributed by atoms with Gasteiger partial charge in [0.05, 0.1) is 11.3 Å². The third kappa shape index (κ3) is 6.98. The van der Waals surface area contributed by atoms with Crippen molar-refractivity contribution in [2.45, 2.75) is 26.2 Å². The molecule has 4 aromatic rings. The van der Waals surface area contributed by atoms with Crippen LogP contribution >= 0.6 is 0 Å². The van der Waals surface area contributed by atoms with Crippen molar-refractivity contribution < 1.29 is 14.3 Å². The molecule has 0 bridgehead atoms. The summed E-state index contributed by atoms with van der Waals surface area (Å²) in [5.41, 5.74) is 4.21. The van der Waals surface area contributed by atoms with E-state index in [1.165, 1.54) is 0 Å². The molecule has 0 atom stereocenters. The number of rotatable bonds is 8. The molecule has 0 aliphatic heterocycles. The molecule has 0 spiro atoms. The largest absolute Gasteiger partial charge is 0.483 e. The Labute approximate surface area is 217 Å². The Balaban J connectivity index is 1.38. The maximum Gasteiger partial charge on any atom is 0.262 e. The molecule has 4 rings (SSSR count). The fraction of sp³-hybridized carbons (Fsp3) is 0.161. The van der Waals surface area contributed by atoms with Crippen molar-refractivity contribution >= 4 is 34.6 Å². The summed E-state index contributed by atoms with van der Waals surface area (Å²) in [5.74, 6) is 0.000320. The monoisotopic (exact) mass is 493 g/mol. The van der Waals surface area contributed by atoms with Crippen LogP contribution in [-0.2, 0) is 10.2 Å². The van der Waals surface area contributed by atoms with Gasteiger partial charge in [-0.05, 0) is 65.6 Å². The van der Waals surface area contributed by atoms with Gasteiger partial charge in [0.15, 0.2) is 6.61 Å². The highest BCUT2D eigenvalue weighted by atomic mass is 16.5. The number of benzene rings is 4. The zero-order valence-corrected chi connectivity index (χ0v) is 21.2. The Bertz CT molecular complexity index is 1360. The van der Waals surface area contributed by atoms with Gasteiger partial charge in [-0.1, -0.05) is 69.3 Å². The van der Waals surface area contributed by atoms with Gasteiger partial charge in [0.25, 0.3) is 11.8 Å². The molecule has 37 heavy (non-hydrogen) atoms. The summed E-state index contributed by atoms with van der Waals surface area (Å²) in [5, 5.41) is 9.01. The molecule has 3 N–H and O–H groups in total. The predicted molar refractivity (Wildman–Crippen MR) is 150 cm³/mol. The summed E-state index contributed by atoms with van der Waals surface area (Å²) < 4.78 is 5.83. The minimum atomic E-state index is -0.347. The standard InChI is InChI=1S/C31H31N3O3/c1-31(2,3)26-14-8-10-16-28(26)37-21-29(35)34-27-15-9-7-13-25(27)30(36)33-24-19-17-23(18-20-24)32-22-11-5-4-6-12-22/h4-20,32H,21H2,1-3H3,(H,33,36)(H,34,35). The van der Waals surface area contributed by atoms with Gasteiger partial charge >= 0.3 is 0 Å². The van der Waals surface area contributed by atoms with E-state index in [2.05, 4.69) is 36.7 Å². The average molecular weight is 494 g/mol. The van der Waals surface area contributed by atoms with Gasteiger partial charge in [-0.25, -0.2) is 0 Å². The summed E-state index contributed by atoms with van der Waals surface area (Å²) in [6.45, 7) is 6.12. The van der Waals surface area contributed by atoms with Gasteiger partial charge in [-0.15, -0.1) is 0 Å². The molecule has 0 saturated heterocycles. The first kappa shape index (κ1) is 25.5. The molecule has 0 saturated carbocycles. The zero-order chi connectivity index (χ0) is 26.3. The topological polar surface area (TPSA) is 79.5 Å². The van der Waals surface area contributed by atoms with Crippen LogP contribution in [0.2, 0.25) is 0 Å². The van der Waals surface area contributed by atoms with Crippen molar-refractivity contribution in [1.29, 1.82) is 0 Å². The minimum Gasteiger partial charge on any atom is -0.483 e. The number of para-hydroxylation sites is 3. The second kappa shape index (κ2) is 11.4. The molecule has 2 amide bonds. The van der Waals surface area contributed by atoms with Crippen molar-refractivity contribution in [2.24, 2.45) is 0 Å². The maximum absolute atomic E-state index is 13.0. The van der Waals surface area contributed by atoms with E-state index in [1.807, 2.05) is 78.9 Å². The van der Waals surface area contributed by atoms with E-state index < -0.39 is 0 Å². The van der Waals surface area contributed by atoms with Crippen LogP contribution in [0.25, 0.3) is 0 Å². The van der Waals surface area contributed by atoms with Gasteiger partial charge in [-0.3, -0.25) is 9.59 Å². The third-order valence-corrected chi connectivity index (χ3v) is 5.70. The SMILES string of the molecule is CC(C)(C)c1ccccc1OCC(=O)Nc1ccccc1C(=O)Nc1ccc(Nc2ccccc2)cc1. The zero-order valence-electron chi connectivity index (χ0n) is 21.2. The summed E-state index contributed by atoms with van der Waals surface area (Å²) in [6.07, 6.45) is 0. The van der Waals surface area contributed by atoms with Crippen molar-refractivity contribution in [3.8, 4) is 5.75 Å². The highest BCUT2D eigenvalue weighted by Gasteiger charge is 2.19. The smallest absolute Gasteiger partial charge is 0.262 e. The van der Waals surface area contributed by atoms with Crippen LogP contribution in [0.15, 0.2) is 103 Å². The maximum atomic E-state index is 13.0. The molecule has 6 nitrogen and oxygen atoms in total. The van der Waals surface area contributed by atoms with Crippen LogP contribution < -0.4 is 20.7 Å². The lowest BCUT2D eigenvalue weighted by atomic mass is 9.86. The molecule has 6 heteroatoms. The number of carbonyl (C=O) groups is 2. The first-order chi connectivity index (χ1) is 17.8. The van der Waals surface area contributed by atoms with E-state index in [-0.39, 0.29) is 23.8 Å². The normalized spacial score (nSPS) is 10.9. The third-order valence-electron chi connectivity index (χ3n) is 5.70. The van der Waals surface area contributed by atoms with Crippen molar-refractivity contribution in [3.05, 3.63) is 114 Å². The van der Waals surface area contributed by atoms with Crippen LogP contribution in [0.4, 0.5) is 22.7 Å². The summed E-state index contributed by atoms with van der Waals surface area (Å²) in [4.78, 5) is 25.7. The molecular formula is C31H31N3O3. The van der Waals surface area contributed by atoms with Crippen LogP contribution in [0.1, 0.15) is 36.7 Å². The minimum absolute atomic E-state index is 0.117. The van der Waals surface area contributed by atoms with Crippen molar-refractivity contribution in [2.75, 3.05) is 22.6 Å². The van der Waals surface area contributed by atoms with Crippen LogP contribution in [-0.4, -0.2) is 18.4 Å². The Morgan fingerprint density at radius 1 is 0.676 bits per heavy atom. The number of nitrogens with one attached hydrogen (secondary N) is 3. The Morgan fingerprint density at radius 2 is 1.27 bits per heavy atom. The molecule has 188 valence electrons. The van der Waals surface area contributed by atoms with Crippen molar-refractivity contribution in [1.82, 2.24) is 0 Å². The van der Waals surface area contributed by atoms with Gasteiger partial charge < -0.3 is 20.7 Å². The van der Waals surface area contributed by atoms with Crippen LogP contribution in [0.5, 0.6) is 5.75 Å². The lowest BCUT2D eigenvalue weighted by molar-refractivity contribution is -0.118. The fourth-order valence-corrected chi connectivity index (χ4v) is 3.86. The van der Waals surface area contributed by atoms with Gasteiger partial charge in [0.1, 0.15) is 5.75 Å². The number of amides is 2. The second-order valence-corrected chi connectivity index (χ2v) is 9.65. The van der Waals surface area contributed by atoms with E-state index in [4.69, 9.17) is 4.74 Å². The van der Waals surface area contributed by atoms with E-state index >= 15 is 0 Å². The molecule has 0 heterocycles. The second-order valence-electron chi connectivity index (χ2n) is 9.65. The van der Waals surface area contributed by atoms with Gasteiger partial charge in [0, 0.05) is 17.1 Å². The van der Waals surface area contributed by atoms with Crippen molar-refractivity contribution in [3.63, 3.8) is 0 Å². The summed E-state index contributed by atoms with van der Waals surface area (Å²) in [6, 6.07) is 31.9. The number of ether oxygens (including phenoxy) is 1. The molecular weight excluding hydrogens is 462 g/mol. The Kier molecular flexibility index (Phi) is 7.89. The fourth-order valence-electron chi connectivity index (χ4n) is 3.86. The predicted octanol–water partition coefficient (Wildman–Crippen LogP) is 7.00. The molecule has 0 aromatic heterocycles. The highest BCUT2D eigenvalue weighted by molar-refractivity contribution is 6.10. The van der Waals surface area contributed by atoms with Crippen LogP contribution in [0.3, 0.4) is 0 Å².